The fourth-order valence-electron chi connectivity index (χ4n) is 5.12. The molecule has 1 aromatic heterocycles. The standard InChI is InChI=1S/C31H32FN5O3/c1-4-35-26-16-27-25(28(30(38)34-3)29(40-27)19-8-10-22(32)11-9-19)15-24(26)20-6-5-7-21(14-20)31(39)37-13-12-36-23(18-37)17-33-2/h5-11,14-17,23,35-36H,4,12-13,18H2,1-3H3,(H,34,38)/b33-17+. The molecule has 1 unspecified atom stereocenters. The van der Waals surface area contributed by atoms with Crippen LogP contribution in [0.3, 0.4) is 0 Å². The zero-order valence-corrected chi connectivity index (χ0v) is 22.8. The van der Waals surface area contributed by atoms with E-state index in [4.69, 9.17) is 4.42 Å². The van der Waals surface area contributed by atoms with Crippen molar-refractivity contribution in [3.63, 3.8) is 0 Å². The van der Waals surface area contributed by atoms with Crippen molar-refractivity contribution in [3.8, 4) is 22.5 Å². The Morgan fingerprint density at radius 1 is 1.15 bits per heavy atom. The number of carbonyl (C=O) groups is 2. The summed E-state index contributed by atoms with van der Waals surface area (Å²) in [5.74, 6) is -0.367. The lowest BCUT2D eigenvalue weighted by molar-refractivity contribution is 0.0723. The predicted molar refractivity (Wildman–Crippen MR) is 157 cm³/mol. The van der Waals surface area contributed by atoms with E-state index in [9.17, 15) is 14.0 Å². The van der Waals surface area contributed by atoms with Gasteiger partial charge in [-0.2, -0.15) is 0 Å². The van der Waals surface area contributed by atoms with E-state index < -0.39 is 0 Å². The van der Waals surface area contributed by atoms with Gasteiger partial charge in [-0.25, -0.2) is 4.39 Å². The van der Waals surface area contributed by atoms with E-state index >= 15 is 0 Å². The molecule has 1 aliphatic heterocycles. The highest BCUT2D eigenvalue weighted by atomic mass is 19.1. The number of rotatable bonds is 7. The lowest BCUT2D eigenvalue weighted by Crippen LogP contribution is -2.53. The normalized spacial score (nSPS) is 15.5. The molecule has 40 heavy (non-hydrogen) atoms. The second-order valence-electron chi connectivity index (χ2n) is 9.62. The molecular weight excluding hydrogens is 509 g/mol. The number of aliphatic imine (C=N–C) groups is 1. The molecule has 1 fully saturated rings. The number of nitrogens with one attached hydrogen (secondary N) is 3. The third-order valence-electron chi connectivity index (χ3n) is 7.00. The fraction of sp³-hybridized carbons (Fsp3) is 0.258. The van der Waals surface area contributed by atoms with Gasteiger partial charge in [-0.05, 0) is 55.0 Å². The first-order chi connectivity index (χ1) is 19.4. The smallest absolute Gasteiger partial charge is 0.255 e. The molecule has 1 atom stereocenters. The van der Waals surface area contributed by atoms with Crippen LogP contribution in [-0.2, 0) is 0 Å². The van der Waals surface area contributed by atoms with Gasteiger partial charge in [0.1, 0.15) is 17.2 Å². The molecular formula is C31H32FN5O3. The van der Waals surface area contributed by atoms with E-state index in [0.717, 1.165) is 16.8 Å². The number of halogens is 1. The van der Waals surface area contributed by atoms with E-state index in [2.05, 4.69) is 20.9 Å². The Balaban J connectivity index is 1.60. The predicted octanol–water partition coefficient (Wildman–Crippen LogP) is 4.81. The number of hydrogen-bond donors (Lipinski definition) is 3. The second kappa shape index (κ2) is 11.7. The minimum Gasteiger partial charge on any atom is -0.455 e. The van der Waals surface area contributed by atoms with Gasteiger partial charge in [-0.3, -0.25) is 14.6 Å². The molecule has 2 amide bonds. The van der Waals surface area contributed by atoms with Gasteiger partial charge in [0.15, 0.2) is 0 Å². The van der Waals surface area contributed by atoms with Crippen LogP contribution >= 0.6 is 0 Å². The summed E-state index contributed by atoms with van der Waals surface area (Å²) in [7, 11) is 3.29. The summed E-state index contributed by atoms with van der Waals surface area (Å²) in [6.45, 7) is 4.51. The maximum Gasteiger partial charge on any atom is 0.255 e. The highest BCUT2D eigenvalue weighted by molar-refractivity contribution is 6.13. The minimum absolute atomic E-state index is 0.0215. The Hall–Kier alpha value is -4.50. The van der Waals surface area contributed by atoms with Crippen molar-refractivity contribution in [3.05, 3.63) is 77.6 Å². The monoisotopic (exact) mass is 541 g/mol. The molecule has 9 heteroatoms. The summed E-state index contributed by atoms with van der Waals surface area (Å²) in [6, 6.07) is 17.2. The number of carbonyl (C=O) groups excluding carboxylic acids is 2. The number of benzene rings is 3. The molecule has 206 valence electrons. The quantitative estimate of drug-likeness (QED) is 0.292. The molecule has 0 aliphatic carbocycles. The second-order valence-corrected chi connectivity index (χ2v) is 9.62. The van der Waals surface area contributed by atoms with Crippen LogP contribution in [0, 0.1) is 5.82 Å². The molecule has 0 bridgehead atoms. The first kappa shape index (κ1) is 27.1. The lowest BCUT2D eigenvalue weighted by Gasteiger charge is -2.32. The molecule has 8 nitrogen and oxygen atoms in total. The van der Waals surface area contributed by atoms with Crippen molar-refractivity contribution in [2.75, 3.05) is 45.6 Å². The van der Waals surface area contributed by atoms with Crippen LogP contribution in [0.1, 0.15) is 27.6 Å². The number of anilines is 1. The summed E-state index contributed by atoms with van der Waals surface area (Å²) in [5.41, 5.74) is 4.54. The Labute approximate surface area is 232 Å². The van der Waals surface area contributed by atoms with Crippen molar-refractivity contribution < 1.29 is 18.4 Å². The van der Waals surface area contributed by atoms with E-state index in [1.807, 2.05) is 54.4 Å². The molecule has 0 saturated carbocycles. The minimum atomic E-state index is -0.373. The van der Waals surface area contributed by atoms with Crippen molar-refractivity contribution in [2.24, 2.45) is 4.99 Å². The highest BCUT2D eigenvalue weighted by Crippen LogP contribution is 2.40. The lowest BCUT2D eigenvalue weighted by atomic mass is 9.97. The van der Waals surface area contributed by atoms with Gasteiger partial charge in [0.05, 0.1) is 11.6 Å². The van der Waals surface area contributed by atoms with Gasteiger partial charge < -0.3 is 25.3 Å². The number of furan rings is 1. The number of fused-ring (bicyclic) bond motifs is 1. The Kier molecular flexibility index (Phi) is 7.93. The van der Waals surface area contributed by atoms with E-state index in [1.165, 1.54) is 12.1 Å². The van der Waals surface area contributed by atoms with Gasteiger partial charge in [0.2, 0.25) is 0 Å². The number of amides is 2. The Morgan fingerprint density at radius 2 is 1.95 bits per heavy atom. The van der Waals surface area contributed by atoms with Gasteiger partial charge in [-0.1, -0.05) is 12.1 Å². The third-order valence-corrected chi connectivity index (χ3v) is 7.00. The zero-order valence-electron chi connectivity index (χ0n) is 22.8. The molecule has 4 aromatic rings. The summed E-state index contributed by atoms with van der Waals surface area (Å²) in [5, 5.41) is 10.1. The van der Waals surface area contributed by atoms with Crippen LogP contribution in [-0.4, -0.2) is 69.2 Å². The third kappa shape index (κ3) is 5.33. The van der Waals surface area contributed by atoms with Crippen LogP contribution in [0.2, 0.25) is 0 Å². The summed E-state index contributed by atoms with van der Waals surface area (Å²) < 4.78 is 19.8. The largest absolute Gasteiger partial charge is 0.455 e. The van der Waals surface area contributed by atoms with Crippen molar-refractivity contribution >= 4 is 34.7 Å². The SMILES string of the molecule is CCNc1cc2oc(-c3ccc(F)cc3)c(C(=O)NC)c2cc1-c1cccc(C(=O)N2CCNC(/C=N/C)C2)c1. The Bertz CT molecular complexity index is 1580. The first-order valence-electron chi connectivity index (χ1n) is 13.3. The molecule has 1 aliphatic rings. The van der Waals surface area contributed by atoms with Crippen LogP contribution in [0.15, 0.2) is 70.1 Å². The van der Waals surface area contributed by atoms with Crippen molar-refractivity contribution in [1.82, 2.24) is 15.5 Å². The van der Waals surface area contributed by atoms with Gasteiger partial charge >= 0.3 is 0 Å². The summed E-state index contributed by atoms with van der Waals surface area (Å²) >= 11 is 0. The topological polar surface area (TPSA) is 99.0 Å². The maximum absolute atomic E-state index is 13.6. The first-order valence-corrected chi connectivity index (χ1v) is 13.3. The van der Waals surface area contributed by atoms with Crippen LogP contribution < -0.4 is 16.0 Å². The van der Waals surface area contributed by atoms with Crippen molar-refractivity contribution in [2.45, 2.75) is 13.0 Å². The number of piperazine rings is 1. The fourth-order valence-corrected chi connectivity index (χ4v) is 5.12. The van der Waals surface area contributed by atoms with Gasteiger partial charge in [-0.15, -0.1) is 0 Å². The molecule has 3 aromatic carbocycles. The zero-order chi connectivity index (χ0) is 28.2. The maximum atomic E-state index is 13.6. The van der Waals surface area contributed by atoms with E-state index in [0.29, 0.717) is 59.6 Å². The van der Waals surface area contributed by atoms with E-state index in [-0.39, 0.29) is 23.7 Å². The molecule has 1 saturated heterocycles. The number of hydrogen-bond acceptors (Lipinski definition) is 6. The summed E-state index contributed by atoms with van der Waals surface area (Å²) in [4.78, 5) is 32.5. The number of nitrogens with zero attached hydrogens (tertiary/aromatic N) is 2. The van der Waals surface area contributed by atoms with Crippen LogP contribution in [0.25, 0.3) is 33.4 Å². The average molecular weight is 542 g/mol. The highest BCUT2D eigenvalue weighted by Gasteiger charge is 2.25. The molecule has 5 rings (SSSR count). The molecule has 2 heterocycles. The van der Waals surface area contributed by atoms with Gasteiger partial charge in [0, 0.05) is 80.3 Å². The molecule has 3 N–H and O–H groups in total. The van der Waals surface area contributed by atoms with Gasteiger partial charge in [0.25, 0.3) is 11.8 Å². The Morgan fingerprint density at radius 3 is 2.67 bits per heavy atom. The molecule has 0 spiro atoms. The average Bonchev–Trinajstić information content (AvgIpc) is 3.35. The molecule has 0 radical (unpaired) electrons. The summed E-state index contributed by atoms with van der Waals surface area (Å²) in [6.07, 6.45) is 1.82. The van der Waals surface area contributed by atoms with E-state index in [1.54, 1.807) is 26.2 Å². The van der Waals surface area contributed by atoms with Crippen molar-refractivity contribution in [1.29, 1.82) is 0 Å². The van der Waals surface area contributed by atoms with Crippen LogP contribution in [0.5, 0.6) is 0 Å². The van der Waals surface area contributed by atoms with Crippen LogP contribution in [0.4, 0.5) is 10.1 Å².